The van der Waals surface area contributed by atoms with E-state index in [0.29, 0.717) is 12.2 Å². The smallest absolute Gasteiger partial charge is 0.231 e. The minimum Gasteiger partial charge on any atom is -0.309 e. The lowest BCUT2D eigenvalue weighted by Crippen LogP contribution is -2.15. The third kappa shape index (κ3) is 2.97. The molecule has 0 radical (unpaired) electrons. The number of carbonyl (C=O) groups excluding carboxylic acids is 1. The molecule has 3 aromatic heterocycles. The zero-order valence-corrected chi connectivity index (χ0v) is 12.8. The van der Waals surface area contributed by atoms with E-state index in [1.807, 2.05) is 29.0 Å². The lowest BCUT2D eigenvalue weighted by atomic mass is 10.2. The number of nitrogens with zero attached hydrogens (tertiary/aromatic N) is 3. The summed E-state index contributed by atoms with van der Waals surface area (Å²) in [5.41, 5.74) is 2.94. The van der Waals surface area contributed by atoms with E-state index in [-0.39, 0.29) is 5.91 Å². The van der Waals surface area contributed by atoms with Gasteiger partial charge in [-0.2, -0.15) is 5.10 Å². The van der Waals surface area contributed by atoms with Gasteiger partial charge in [0.1, 0.15) is 0 Å². The predicted molar refractivity (Wildman–Crippen MR) is 82.7 cm³/mol. The van der Waals surface area contributed by atoms with Crippen LogP contribution < -0.4 is 5.32 Å². The zero-order chi connectivity index (χ0) is 14.8. The molecule has 0 aliphatic rings. The number of H-pyrrole nitrogens is 1. The summed E-state index contributed by atoms with van der Waals surface area (Å²) in [6, 6.07) is 1.88. The number of fused-ring (bicyclic) bond motifs is 1. The lowest BCUT2D eigenvalue weighted by molar-refractivity contribution is -0.115. The van der Waals surface area contributed by atoms with Crippen molar-refractivity contribution in [1.29, 1.82) is 0 Å². The van der Waals surface area contributed by atoms with Crippen LogP contribution in [-0.4, -0.2) is 25.5 Å². The molecule has 7 heteroatoms. The van der Waals surface area contributed by atoms with Crippen LogP contribution in [0.5, 0.6) is 0 Å². The molecule has 0 saturated carbocycles. The van der Waals surface area contributed by atoms with Gasteiger partial charge >= 0.3 is 0 Å². The first-order chi connectivity index (χ1) is 10.2. The first-order valence-corrected chi connectivity index (χ1v) is 7.80. The largest absolute Gasteiger partial charge is 0.309 e. The standard InChI is InChI=1S/C14H17N5OS/c1-3-4-10-5-12(18-17-10)16-13(20)6-11-8-21-14-15-9(2)7-19(11)14/h5,7-8H,3-4,6H2,1-2H3,(H2,16,17,18,20). The van der Waals surface area contributed by atoms with E-state index in [2.05, 4.69) is 27.4 Å². The van der Waals surface area contributed by atoms with Gasteiger partial charge in [-0.25, -0.2) is 4.98 Å². The molecule has 0 fully saturated rings. The van der Waals surface area contributed by atoms with Gasteiger partial charge in [-0.3, -0.25) is 14.3 Å². The molecule has 3 rings (SSSR count). The fraction of sp³-hybridized carbons (Fsp3) is 0.357. The highest BCUT2D eigenvalue weighted by Crippen LogP contribution is 2.17. The van der Waals surface area contributed by atoms with Gasteiger partial charge in [0.25, 0.3) is 0 Å². The molecule has 21 heavy (non-hydrogen) atoms. The second-order valence-electron chi connectivity index (χ2n) is 5.02. The molecule has 0 aliphatic heterocycles. The number of anilines is 1. The molecule has 0 saturated heterocycles. The topological polar surface area (TPSA) is 75.1 Å². The van der Waals surface area contributed by atoms with Crippen LogP contribution in [0, 0.1) is 6.92 Å². The monoisotopic (exact) mass is 303 g/mol. The molecule has 0 unspecified atom stereocenters. The molecule has 3 aromatic rings. The zero-order valence-electron chi connectivity index (χ0n) is 12.0. The Balaban J connectivity index is 1.68. The molecule has 2 N–H and O–H groups in total. The van der Waals surface area contributed by atoms with Crippen molar-refractivity contribution in [2.75, 3.05) is 5.32 Å². The minimum atomic E-state index is -0.0735. The molecular formula is C14H17N5OS. The summed E-state index contributed by atoms with van der Waals surface area (Å²) >= 11 is 1.54. The fourth-order valence-corrected chi connectivity index (χ4v) is 3.16. The molecule has 0 aromatic carbocycles. The number of rotatable bonds is 5. The molecular weight excluding hydrogens is 286 g/mol. The average Bonchev–Trinajstić information content (AvgIpc) is 3.09. The Labute approximate surface area is 126 Å². The highest BCUT2D eigenvalue weighted by atomic mass is 32.1. The molecule has 1 amide bonds. The van der Waals surface area contributed by atoms with Crippen LogP contribution >= 0.6 is 11.3 Å². The van der Waals surface area contributed by atoms with Crippen LogP contribution in [0.4, 0.5) is 5.82 Å². The van der Waals surface area contributed by atoms with Crippen LogP contribution in [0.3, 0.4) is 0 Å². The van der Waals surface area contributed by atoms with Gasteiger partial charge in [0.15, 0.2) is 10.8 Å². The second kappa shape index (κ2) is 5.69. The summed E-state index contributed by atoms with van der Waals surface area (Å²) in [5.74, 6) is 0.507. The maximum absolute atomic E-state index is 12.1. The molecule has 0 aliphatic carbocycles. The number of imidazole rings is 1. The first-order valence-electron chi connectivity index (χ1n) is 6.92. The summed E-state index contributed by atoms with van der Waals surface area (Å²) in [7, 11) is 0. The van der Waals surface area contributed by atoms with E-state index in [1.165, 1.54) is 0 Å². The second-order valence-corrected chi connectivity index (χ2v) is 5.85. The van der Waals surface area contributed by atoms with Crippen LogP contribution in [-0.2, 0) is 17.6 Å². The summed E-state index contributed by atoms with van der Waals surface area (Å²) < 4.78 is 1.96. The van der Waals surface area contributed by atoms with Crippen molar-refractivity contribution in [2.45, 2.75) is 33.1 Å². The van der Waals surface area contributed by atoms with Crippen molar-refractivity contribution < 1.29 is 4.79 Å². The Bertz CT molecular complexity index is 769. The lowest BCUT2D eigenvalue weighted by Gasteiger charge is -2.00. The van der Waals surface area contributed by atoms with Gasteiger partial charge in [-0.15, -0.1) is 11.3 Å². The van der Waals surface area contributed by atoms with Crippen LogP contribution in [0.1, 0.15) is 30.4 Å². The number of aromatic nitrogens is 4. The van der Waals surface area contributed by atoms with Gasteiger partial charge in [-0.05, 0) is 13.3 Å². The Morgan fingerprint density at radius 3 is 3.19 bits per heavy atom. The van der Waals surface area contributed by atoms with Gasteiger partial charge in [0, 0.05) is 29.0 Å². The Hall–Kier alpha value is -2.15. The number of thiazole rings is 1. The van der Waals surface area contributed by atoms with E-state index >= 15 is 0 Å². The van der Waals surface area contributed by atoms with Crippen molar-refractivity contribution in [2.24, 2.45) is 0 Å². The summed E-state index contributed by atoms with van der Waals surface area (Å²) in [4.78, 5) is 17.4. The quantitative estimate of drug-likeness (QED) is 0.760. The van der Waals surface area contributed by atoms with Crippen LogP contribution in [0.25, 0.3) is 4.96 Å². The van der Waals surface area contributed by atoms with E-state index in [1.54, 1.807) is 11.3 Å². The highest BCUT2D eigenvalue weighted by Gasteiger charge is 2.11. The molecule has 110 valence electrons. The number of aromatic amines is 1. The molecule has 3 heterocycles. The highest BCUT2D eigenvalue weighted by molar-refractivity contribution is 7.15. The van der Waals surface area contributed by atoms with E-state index in [9.17, 15) is 4.79 Å². The number of hydrogen-bond acceptors (Lipinski definition) is 4. The number of nitrogens with one attached hydrogen (secondary N) is 2. The molecule has 0 atom stereocenters. The van der Waals surface area contributed by atoms with Gasteiger partial charge in [0.05, 0.1) is 12.1 Å². The molecule has 6 nitrogen and oxygen atoms in total. The van der Waals surface area contributed by atoms with Crippen LogP contribution in [0.2, 0.25) is 0 Å². The summed E-state index contributed by atoms with van der Waals surface area (Å²) in [6.45, 7) is 4.05. The van der Waals surface area contributed by atoms with Gasteiger partial charge in [-0.1, -0.05) is 13.3 Å². The Morgan fingerprint density at radius 1 is 1.52 bits per heavy atom. The molecule has 0 spiro atoms. The maximum atomic E-state index is 12.1. The van der Waals surface area contributed by atoms with E-state index < -0.39 is 0 Å². The Morgan fingerprint density at radius 2 is 2.38 bits per heavy atom. The minimum absolute atomic E-state index is 0.0735. The van der Waals surface area contributed by atoms with Crippen molar-refractivity contribution in [3.8, 4) is 0 Å². The van der Waals surface area contributed by atoms with Gasteiger partial charge < -0.3 is 5.32 Å². The number of amides is 1. The number of carbonyl (C=O) groups is 1. The SMILES string of the molecule is CCCc1cc(NC(=O)Cc2csc3nc(C)cn23)n[nH]1. The molecule has 0 bridgehead atoms. The normalized spacial score (nSPS) is 11.1. The third-order valence-corrected chi connectivity index (χ3v) is 4.05. The Kier molecular flexibility index (Phi) is 3.74. The third-order valence-electron chi connectivity index (χ3n) is 3.16. The predicted octanol–water partition coefficient (Wildman–Crippen LogP) is 2.56. The first kappa shape index (κ1) is 13.8. The number of hydrogen-bond donors (Lipinski definition) is 2. The van der Waals surface area contributed by atoms with Crippen molar-refractivity contribution in [3.05, 3.63) is 34.7 Å². The van der Waals surface area contributed by atoms with Crippen molar-refractivity contribution >= 4 is 28.0 Å². The average molecular weight is 303 g/mol. The van der Waals surface area contributed by atoms with Gasteiger partial charge in [0.2, 0.25) is 5.91 Å². The van der Waals surface area contributed by atoms with Crippen molar-refractivity contribution in [3.63, 3.8) is 0 Å². The van der Waals surface area contributed by atoms with Crippen LogP contribution in [0.15, 0.2) is 17.6 Å². The van der Waals surface area contributed by atoms with E-state index in [4.69, 9.17) is 0 Å². The van der Waals surface area contributed by atoms with E-state index in [0.717, 1.165) is 34.9 Å². The number of aryl methyl sites for hydroxylation is 2. The maximum Gasteiger partial charge on any atom is 0.231 e. The summed E-state index contributed by atoms with van der Waals surface area (Å²) in [6.07, 6.45) is 4.24. The fourth-order valence-electron chi connectivity index (χ4n) is 2.24. The summed E-state index contributed by atoms with van der Waals surface area (Å²) in [5, 5.41) is 11.8. The van der Waals surface area contributed by atoms with Crippen molar-refractivity contribution in [1.82, 2.24) is 19.6 Å².